The van der Waals surface area contributed by atoms with Crippen LogP contribution < -0.4 is 0 Å². The fourth-order valence-corrected chi connectivity index (χ4v) is 3.45. The minimum Gasteiger partial charge on any atom is -0.376 e. The molecule has 0 spiro atoms. The van der Waals surface area contributed by atoms with Crippen LogP contribution in [-0.2, 0) is 27.5 Å². The van der Waals surface area contributed by atoms with Crippen LogP contribution >= 0.6 is 0 Å². The average Bonchev–Trinajstić information content (AvgIpc) is 2.85. The van der Waals surface area contributed by atoms with Gasteiger partial charge in [0.05, 0.1) is 26.4 Å². The van der Waals surface area contributed by atoms with E-state index >= 15 is 0 Å². The zero-order valence-corrected chi connectivity index (χ0v) is 21.6. The van der Waals surface area contributed by atoms with Crippen LogP contribution in [0.5, 0.6) is 0 Å². The molecule has 0 atom stereocenters. The smallest absolute Gasteiger partial charge is 0.120 e. The summed E-state index contributed by atoms with van der Waals surface area (Å²) in [5.41, 5.74) is 5.45. The van der Waals surface area contributed by atoms with E-state index in [1.54, 1.807) is 0 Å². The Kier molecular flexibility index (Phi) is 12.9. The number of ether oxygens (including phenoxy) is 2. The Labute approximate surface area is 212 Å². The van der Waals surface area contributed by atoms with E-state index in [2.05, 4.69) is 74.8 Å². The molecule has 0 N–H and O–H groups in total. The standard InChI is InChI=1S/C32H40O3/c1-31(2,3)21-14-15-23-32(22-13-5-4-6-16-24-33,27-34-25-29-17-9-7-10-18-29)28-35-26-30-19-11-8-12-20-30/h7-12,15,17-21,24H,4,6,16,22-23,25-28H2,1-3H3. The highest BCUT2D eigenvalue weighted by molar-refractivity contribution is 5.49. The maximum atomic E-state index is 10.6. The summed E-state index contributed by atoms with van der Waals surface area (Å²) in [6.45, 7) is 8.67. The number of aldehydes is 1. The minimum absolute atomic E-state index is 0.0746. The number of carbonyl (C=O) groups is 1. The lowest BCUT2D eigenvalue weighted by Gasteiger charge is -2.31. The molecule has 0 radical (unpaired) electrons. The first-order valence-corrected chi connectivity index (χ1v) is 12.5. The van der Waals surface area contributed by atoms with Gasteiger partial charge in [-0.15, -0.1) is 17.6 Å². The highest BCUT2D eigenvalue weighted by atomic mass is 16.5. The Balaban J connectivity index is 2.17. The van der Waals surface area contributed by atoms with Crippen LogP contribution in [0.4, 0.5) is 0 Å². The molecule has 0 saturated heterocycles. The summed E-state index contributed by atoms with van der Waals surface area (Å²) in [6.07, 6.45) is 8.64. The van der Waals surface area contributed by atoms with Gasteiger partial charge < -0.3 is 14.3 Å². The van der Waals surface area contributed by atoms with Crippen molar-refractivity contribution in [3.63, 3.8) is 0 Å². The molecule has 0 fully saturated rings. The molecule has 186 valence electrons. The molecule has 2 aromatic carbocycles. The fourth-order valence-electron chi connectivity index (χ4n) is 3.45. The molecule has 35 heavy (non-hydrogen) atoms. The predicted octanol–water partition coefficient (Wildman–Crippen LogP) is 7.32. The third kappa shape index (κ3) is 13.0. The first-order chi connectivity index (χ1) is 16.9. The molecule has 0 unspecified atom stereocenters. The van der Waals surface area contributed by atoms with Crippen LogP contribution in [0.15, 0.2) is 78.5 Å². The van der Waals surface area contributed by atoms with Crippen LogP contribution in [0.25, 0.3) is 0 Å². The second-order valence-corrected chi connectivity index (χ2v) is 10.1. The van der Waals surface area contributed by atoms with Crippen LogP contribution in [0.3, 0.4) is 0 Å². The van der Waals surface area contributed by atoms with Crippen molar-refractivity contribution in [3.05, 3.63) is 89.7 Å². The molecule has 3 nitrogen and oxygen atoms in total. The quantitative estimate of drug-likeness (QED) is 0.125. The SMILES string of the molecule is CC(C)(C)C=C=CCC(CC#CCCCC=O)(COCc1ccccc1)COCc1ccccc1. The number of carbonyl (C=O) groups excluding carboxylic acids is 1. The van der Waals surface area contributed by atoms with Crippen molar-refractivity contribution in [1.82, 2.24) is 0 Å². The van der Waals surface area contributed by atoms with Crippen molar-refractivity contribution in [2.24, 2.45) is 10.8 Å². The van der Waals surface area contributed by atoms with E-state index in [4.69, 9.17) is 9.47 Å². The number of rotatable bonds is 14. The Morgan fingerprint density at radius 2 is 1.40 bits per heavy atom. The monoisotopic (exact) mass is 472 g/mol. The number of hydrogen-bond donors (Lipinski definition) is 0. The van der Waals surface area contributed by atoms with Gasteiger partial charge in [-0.3, -0.25) is 0 Å². The first kappa shape index (κ1) is 28.3. The van der Waals surface area contributed by atoms with Crippen LogP contribution in [0.2, 0.25) is 0 Å². The molecule has 0 bridgehead atoms. The highest BCUT2D eigenvalue weighted by Gasteiger charge is 2.29. The molecular weight excluding hydrogens is 432 g/mol. The summed E-state index contributed by atoms with van der Waals surface area (Å²) in [5, 5.41) is 0. The lowest BCUT2D eigenvalue weighted by atomic mass is 9.82. The Morgan fingerprint density at radius 1 is 0.829 bits per heavy atom. The predicted molar refractivity (Wildman–Crippen MR) is 144 cm³/mol. The van der Waals surface area contributed by atoms with Gasteiger partial charge >= 0.3 is 0 Å². The van der Waals surface area contributed by atoms with Crippen LogP contribution in [0, 0.1) is 22.7 Å². The zero-order valence-electron chi connectivity index (χ0n) is 21.6. The van der Waals surface area contributed by atoms with Gasteiger partial charge in [-0.1, -0.05) is 81.4 Å². The van der Waals surface area contributed by atoms with E-state index in [1.165, 1.54) is 0 Å². The molecule has 0 aliphatic heterocycles. The Hall–Kier alpha value is -2.89. The molecule has 2 aromatic rings. The number of unbranched alkanes of at least 4 members (excludes halogenated alkanes) is 2. The largest absolute Gasteiger partial charge is 0.376 e. The van der Waals surface area contributed by atoms with Crippen LogP contribution in [0.1, 0.15) is 64.0 Å². The van der Waals surface area contributed by atoms with Gasteiger partial charge in [-0.05, 0) is 41.5 Å². The van der Waals surface area contributed by atoms with E-state index < -0.39 is 0 Å². The molecule has 0 aliphatic rings. The lowest BCUT2D eigenvalue weighted by molar-refractivity contribution is -0.107. The fraction of sp³-hybridized carbons (Fsp3) is 0.438. The molecule has 0 aliphatic carbocycles. The number of hydrogen-bond acceptors (Lipinski definition) is 3. The van der Waals surface area contributed by atoms with E-state index in [0.29, 0.717) is 39.3 Å². The number of benzene rings is 2. The van der Waals surface area contributed by atoms with Crippen molar-refractivity contribution in [2.75, 3.05) is 13.2 Å². The molecule has 0 saturated carbocycles. The van der Waals surface area contributed by atoms with Gasteiger partial charge in [0.2, 0.25) is 0 Å². The van der Waals surface area contributed by atoms with E-state index in [-0.39, 0.29) is 10.8 Å². The molecule has 3 heteroatoms. The van der Waals surface area contributed by atoms with Gasteiger partial charge in [0, 0.05) is 24.7 Å². The summed E-state index contributed by atoms with van der Waals surface area (Å²) >= 11 is 0. The van der Waals surface area contributed by atoms with E-state index in [9.17, 15) is 4.79 Å². The third-order valence-electron chi connectivity index (χ3n) is 5.42. The minimum atomic E-state index is -0.292. The summed E-state index contributed by atoms with van der Waals surface area (Å²) in [7, 11) is 0. The third-order valence-corrected chi connectivity index (χ3v) is 5.42. The van der Waals surface area contributed by atoms with Crippen molar-refractivity contribution >= 4 is 6.29 Å². The Bertz CT molecular complexity index is 923. The molecule has 0 amide bonds. The van der Waals surface area contributed by atoms with Gasteiger partial charge in [-0.25, -0.2) is 0 Å². The second kappa shape index (κ2) is 15.9. The van der Waals surface area contributed by atoms with Gasteiger partial charge in [-0.2, -0.15) is 0 Å². The zero-order chi connectivity index (χ0) is 25.2. The van der Waals surface area contributed by atoms with Crippen LogP contribution in [-0.4, -0.2) is 19.5 Å². The summed E-state index contributed by atoms with van der Waals surface area (Å²) in [6, 6.07) is 20.4. The van der Waals surface area contributed by atoms with E-state index in [0.717, 1.165) is 36.7 Å². The summed E-state index contributed by atoms with van der Waals surface area (Å²) in [5.74, 6) is 6.60. The normalized spacial score (nSPS) is 11.2. The average molecular weight is 473 g/mol. The van der Waals surface area contributed by atoms with Gasteiger partial charge in [0.25, 0.3) is 0 Å². The lowest BCUT2D eigenvalue weighted by Crippen LogP contribution is -2.32. The highest BCUT2D eigenvalue weighted by Crippen LogP contribution is 2.29. The number of allylic oxidation sites excluding steroid dienone is 1. The van der Waals surface area contributed by atoms with Gasteiger partial charge in [0.15, 0.2) is 0 Å². The van der Waals surface area contributed by atoms with Crippen molar-refractivity contribution in [3.8, 4) is 11.8 Å². The second-order valence-electron chi connectivity index (χ2n) is 10.1. The topological polar surface area (TPSA) is 35.5 Å². The molecular formula is C32H40O3. The van der Waals surface area contributed by atoms with Crippen molar-refractivity contribution < 1.29 is 14.3 Å². The van der Waals surface area contributed by atoms with Crippen molar-refractivity contribution in [1.29, 1.82) is 0 Å². The molecule has 2 rings (SSSR count). The van der Waals surface area contributed by atoms with E-state index in [1.807, 2.05) is 36.4 Å². The summed E-state index contributed by atoms with van der Waals surface area (Å²) in [4.78, 5) is 10.6. The first-order valence-electron chi connectivity index (χ1n) is 12.5. The van der Waals surface area contributed by atoms with Gasteiger partial charge in [0.1, 0.15) is 6.29 Å². The maximum Gasteiger partial charge on any atom is 0.120 e. The van der Waals surface area contributed by atoms with Crippen molar-refractivity contribution in [2.45, 2.75) is 66.1 Å². The molecule has 0 heterocycles. The maximum absolute atomic E-state index is 10.6. The summed E-state index contributed by atoms with van der Waals surface area (Å²) < 4.78 is 12.5. The molecule has 0 aromatic heterocycles. The Morgan fingerprint density at radius 3 is 1.91 bits per heavy atom.